The second-order valence-electron chi connectivity index (χ2n) is 6.56. The third kappa shape index (κ3) is 7.23. The summed E-state index contributed by atoms with van der Waals surface area (Å²) in [4.78, 5) is 26.2. The summed E-state index contributed by atoms with van der Waals surface area (Å²) < 4.78 is 0. The van der Waals surface area contributed by atoms with Crippen molar-refractivity contribution < 1.29 is 9.59 Å². The molecule has 0 aliphatic rings. The lowest BCUT2D eigenvalue weighted by molar-refractivity contribution is -0.124. The van der Waals surface area contributed by atoms with Crippen molar-refractivity contribution in [3.63, 3.8) is 0 Å². The molecule has 0 atom stereocenters. The van der Waals surface area contributed by atoms with Crippen LogP contribution < -0.4 is 15.6 Å². The van der Waals surface area contributed by atoms with Gasteiger partial charge in [-0.05, 0) is 62.2 Å². The summed E-state index contributed by atoms with van der Waals surface area (Å²) in [7, 11) is 0. The number of rotatable bonds is 9. The van der Waals surface area contributed by atoms with Gasteiger partial charge in [-0.1, -0.05) is 23.7 Å². The highest BCUT2D eigenvalue weighted by Crippen LogP contribution is 2.19. The van der Waals surface area contributed by atoms with Gasteiger partial charge in [-0.25, -0.2) is 5.43 Å². The van der Waals surface area contributed by atoms with E-state index in [1.807, 2.05) is 31.2 Å². The van der Waals surface area contributed by atoms with Gasteiger partial charge in [0, 0.05) is 42.3 Å². The van der Waals surface area contributed by atoms with Gasteiger partial charge in [0.2, 0.25) is 11.8 Å². The molecule has 2 amide bonds. The second kappa shape index (κ2) is 11.2. The van der Waals surface area contributed by atoms with Gasteiger partial charge in [-0.3, -0.25) is 9.59 Å². The van der Waals surface area contributed by atoms with Crippen molar-refractivity contribution in [1.82, 2.24) is 5.43 Å². The Labute approximate surface area is 176 Å². The molecule has 0 aliphatic carbocycles. The number of carbonyl (C=O) groups is 2. The van der Waals surface area contributed by atoms with Gasteiger partial charge >= 0.3 is 0 Å². The van der Waals surface area contributed by atoms with Crippen LogP contribution in [0.2, 0.25) is 5.02 Å². The van der Waals surface area contributed by atoms with E-state index >= 15 is 0 Å². The molecular weight excluding hydrogens is 388 g/mol. The average molecular weight is 415 g/mol. The minimum atomic E-state index is -0.316. The Morgan fingerprint density at radius 2 is 1.69 bits per heavy atom. The summed E-state index contributed by atoms with van der Waals surface area (Å²) in [6, 6.07) is 13.2. The highest BCUT2D eigenvalue weighted by molar-refractivity contribution is 6.30. The van der Waals surface area contributed by atoms with Gasteiger partial charge in [-0.15, -0.1) is 0 Å². The molecule has 2 N–H and O–H groups in total. The van der Waals surface area contributed by atoms with Crippen LogP contribution in [-0.2, 0) is 9.59 Å². The predicted molar refractivity (Wildman–Crippen MR) is 120 cm³/mol. The van der Waals surface area contributed by atoms with Crippen LogP contribution in [0.5, 0.6) is 0 Å². The highest BCUT2D eigenvalue weighted by Gasteiger charge is 2.08. The Kier molecular flexibility index (Phi) is 8.68. The molecular formula is C22H27ClN4O2. The molecule has 0 unspecified atom stereocenters. The van der Waals surface area contributed by atoms with E-state index in [0.717, 1.165) is 29.9 Å². The van der Waals surface area contributed by atoms with Crippen LogP contribution in [0.4, 0.5) is 11.4 Å². The molecule has 2 aromatic carbocycles. The number of hydrogen-bond acceptors (Lipinski definition) is 4. The largest absolute Gasteiger partial charge is 0.372 e. The maximum atomic E-state index is 12.0. The number of anilines is 2. The fraction of sp³-hybridized carbons (Fsp3) is 0.318. The van der Waals surface area contributed by atoms with E-state index in [1.165, 1.54) is 0 Å². The van der Waals surface area contributed by atoms with E-state index in [-0.39, 0.29) is 24.7 Å². The summed E-state index contributed by atoms with van der Waals surface area (Å²) in [5, 5.41) is 7.35. The first-order valence-corrected chi connectivity index (χ1v) is 10.0. The first-order valence-electron chi connectivity index (χ1n) is 9.65. The average Bonchev–Trinajstić information content (AvgIpc) is 2.70. The topological polar surface area (TPSA) is 73.8 Å². The number of amides is 2. The number of nitrogens with zero attached hydrogens (tertiary/aromatic N) is 2. The number of benzene rings is 2. The molecule has 154 valence electrons. The van der Waals surface area contributed by atoms with E-state index in [0.29, 0.717) is 10.7 Å². The molecule has 0 aliphatic heterocycles. The van der Waals surface area contributed by atoms with E-state index < -0.39 is 0 Å². The first-order chi connectivity index (χ1) is 13.9. The zero-order chi connectivity index (χ0) is 21.2. The second-order valence-corrected chi connectivity index (χ2v) is 7.00. The molecule has 0 heterocycles. The van der Waals surface area contributed by atoms with Crippen molar-refractivity contribution in [3.8, 4) is 0 Å². The molecule has 2 rings (SSSR count). The molecule has 7 heteroatoms. The predicted octanol–water partition coefficient (Wildman–Crippen LogP) is 4.36. The fourth-order valence-corrected chi connectivity index (χ4v) is 3.03. The van der Waals surface area contributed by atoms with Gasteiger partial charge < -0.3 is 10.2 Å². The third-order valence-electron chi connectivity index (χ3n) is 4.47. The number of hydrogen-bond donors (Lipinski definition) is 2. The van der Waals surface area contributed by atoms with Crippen LogP contribution in [-0.4, -0.2) is 31.1 Å². The lowest BCUT2D eigenvalue weighted by Gasteiger charge is -2.20. The quantitative estimate of drug-likeness (QED) is 0.472. The van der Waals surface area contributed by atoms with Crippen molar-refractivity contribution in [2.75, 3.05) is 23.3 Å². The van der Waals surface area contributed by atoms with E-state index in [2.05, 4.69) is 34.6 Å². The summed E-state index contributed by atoms with van der Waals surface area (Å²) in [5.41, 5.74) is 6.04. The fourth-order valence-electron chi connectivity index (χ4n) is 2.80. The lowest BCUT2D eigenvalue weighted by atomic mass is 10.2. The van der Waals surface area contributed by atoms with Crippen molar-refractivity contribution in [3.05, 3.63) is 58.6 Å². The Hall–Kier alpha value is -2.86. The Bertz CT molecular complexity index is 862. The normalized spacial score (nSPS) is 10.8. The molecule has 0 saturated heterocycles. The lowest BCUT2D eigenvalue weighted by Crippen LogP contribution is -2.21. The minimum Gasteiger partial charge on any atom is -0.372 e. The minimum absolute atomic E-state index is 0.0523. The van der Waals surface area contributed by atoms with Gasteiger partial charge in [-0.2, -0.15) is 5.10 Å². The monoisotopic (exact) mass is 414 g/mol. The van der Waals surface area contributed by atoms with Gasteiger partial charge in [0.25, 0.3) is 0 Å². The van der Waals surface area contributed by atoms with Crippen molar-refractivity contribution in [1.29, 1.82) is 0 Å². The van der Waals surface area contributed by atoms with Crippen LogP contribution in [0.25, 0.3) is 0 Å². The summed E-state index contributed by atoms with van der Waals surface area (Å²) in [6.07, 6.45) is 1.71. The molecule has 0 fully saturated rings. The molecule has 0 bridgehead atoms. The SMILES string of the molecule is CCN(CC)c1ccc(C=NNC(=O)CCC(=O)Nc2ccc(Cl)cc2C)cc1. The Balaban J connectivity index is 1.77. The molecule has 0 spiro atoms. The van der Waals surface area contributed by atoms with E-state index in [9.17, 15) is 9.59 Å². The number of aryl methyl sites for hydroxylation is 1. The maximum Gasteiger partial charge on any atom is 0.240 e. The van der Waals surface area contributed by atoms with Crippen LogP contribution in [0, 0.1) is 6.92 Å². The molecule has 0 saturated carbocycles. The summed E-state index contributed by atoms with van der Waals surface area (Å²) in [5.74, 6) is -0.550. The van der Waals surface area contributed by atoms with Gasteiger partial charge in [0.05, 0.1) is 6.21 Å². The number of hydrazone groups is 1. The van der Waals surface area contributed by atoms with Crippen LogP contribution >= 0.6 is 11.6 Å². The Morgan fingerprint density at radius 3 is 2.31 bits per heavy atom. The van der Waals surface area contributed by atoms with E-state index in [1.54, 1.807) is 24.4 Å². The van der Waals surface area contributed by atoms with Crippen LogP contribution in [0.15, 0.2) is 47.6 Å². The number of carbonyl (C=O) groups excluding carboxylic acids is 2. The maximum absolute atomic E-state index is 12.0. The third-order valence-corrected chi connectivity index (χ3v) is 4.70. The highest BCUT2D eigenvalue weighted by atomic mass is 35.5. The van der Waals surface area contributed by atoms with Crippen molar-refractivity contribution in [2.45, 2.75) is 33.6 Å². The molecule has 0 radical (unpaired) electrons. The number of halogens is 1. The molecule has 2 aromatic rings. The number of nitrogens with one attached hydrogen (secondary N) is 2. The molecule has 6 nitrogen and oxygen atoms in total. The summed E-state index contributed by atoms with van der Waals surface area (Å²) in [6.45, 7) is 7.99. The van der Waals surface area contributed by atoms with Crippen LogP contribution in [0.3, 0.4) is 0 Å². The standard InChI is InChI=1S/C22H27ClN4O2/c1-4-27(5-2)19-9-6-17(7-10-19)15-24-26-22(29)13-12-21(28)25-20-11-8-18(23)14-16(20)3/h6-11,14-15H,4-5,12-13H2,1-3H3,(H,25,28)(H,26,29). The van der Waals surface area contributed by atoms with Gasteiger partial charge in [0.15, 0.2) is 0 Å². The zero-order valence-corrected chi connectivity index (χ0v) is 17.8. The molecule has 0 aromatic heterocycles. The van der Waals surface area contributed by atoms with Crippen molar-refractivity contribution in [2.24, 2.45) is 5.10 Å². The zero-order valence-electron chi connectivity index (χ0n) is 17.0. The molecule has 29 heavy (non-hydrogen) atoms. The van der Waals surface area contributed by atoms with Crippen molar-refractivity contribution >= 4 is 41.0 Å². The van der Waals surface area contributed by atoms with E-state index in [4.69, 9.17) is 11.6 Å². The Morgan fingerprint density at radius 1 is 1.03 bits per heavy atom. The smallest absolute Gasteiger partial charge is 0.240 e. The van der Waals surface area contributed by atoms with Crippen LogP contribution in [0.1, 0.15) is 37.8 Å². The summed E-state index contributed by atoms with van der Waals surface area (Å²) >= 11 is 5.90. The van der Waals surface area contributed by atoms with Gasteiger partial charge in [0.1, 0.15) is 0 Å². The first kappa shape index (κ1) is 22.4.